The zero-order valence-electron chi connectivity index (χ0n) is 11.4. The number of nitrogens with zero attached hydrogens (tertiary/aromatic N) is 2. The average molecular weight is 320 g/mol. The largest absolute Gasteiger partial charge is 0.481 e. The number of hydrogen-bond acceptors (Lipinski definition) is 5. The lowest BCUT2D eigenvalue weighted by atomic mass is 10.3. The van der Waals surface area contributed by atoms with Crippen molar-refractivity contribution in [3.63, 3.8) is 0 Å². The van der Waals surface area contributed by atoms with Gasteiger partial charge in [0.15, 0.2) is 0 Å². The topological polar surface area (TPSA) is 95.0 Å². The van der Waals surface area contributed by atoms with Crippen molar-refractivity contribution in [3.8, 4) is 0 Å². The summed E-state index contributed by atoms with van der Waals surface area (Å²) in [5.74, 6) is -1.52. The molecule has 1 rings (SSSR count). The summed E-state index contributed by atoms with van der Waals surface area (Å²) in [5, 5.41) is 10.1. The van der Waals surface area contributed by atoms with Gasteiger partial charge in [0.2, 0.25) is 10.0 Å². The Labute approximate surface area is 121 Å². The Morgan fingerprint density at radius 2 is 1.90 bits per heavy atom. The third-order valence-electron chi connectivity index (χ3n) is 2.59. The monoisotopic (exact) mass is 320 g/mol. The number of aliphatic carboxylic acids is 1. The summed E-state index contributed by atoms with van der Waals surface area (Å²) in [7, 11) is 0.516. The maximum atomic E-state index is 12.2. The summed E-state index contributed by atoms with van der Waals surface area (Å²) in [6.07, 6.45) is -0.191. The summed E-state index contributed by atoms with van der Waals surface area (Å²) >= 11 is 1.02. The number of amides is 1. The molecule has 0 spiro atoms. The van der Waals surface area contributed by atoms with E-state index in [4.69, 9.17) is 5.11 Å². The molecule has 0 atom stereocenters. The SMILES string of the molecule is CN(CCC(=O)O)C(=O)c1sccc1S(=O)(=O)N(C)C. The van der Waals surface area contributed by atoms with E-state index in [-0.39, 0.29) is 22.7 Å². The number of sulfonamides is 1. The Hall–Kier alpha value is -1.45. The Kier molecular flexibility index (Phi) is 5.26. The first kappa shape index (κ1) is 16.6. The third-order valence-corrected chi connectivity index (χ3v) is 5.48. The molecule has 0 bridgehead atoms. The van der Waals surface area contributed by atoms with Crippen LogP contribution >= 0.6 is 11.3 Å². The molecule has 7 nitrogen and oxygen atoms in total. The summed E-state index contributed by atoms with van der Waals surface area (Å²) in [6.45, 7) is 0.0213. The fourth-order valence-corrected chi connectivity index (χ4v) is 3.67. The van der Waals surface area contributed by atoms with Gasteiger partial charge in [0.05, 0.1) is 6.42 Å². The summed E-state index contributed by atoms with van der Waals surface area (Å²) in [4.78, 5) is 23.9. The molecule has 1 amide bonds. The van der Waals surface area contributed by atoms with Crippen LogP contribution in [-0.2, 0) is 14.8 Å². The molecule has 0 aliphatic rings. The van der Waals surface area contributed by atoms with Gasteiger partial charge in [0.1, 0.15) is 9.77 Å². The smallest absolute Gasteiger partial charge is 0.305 e. The molecule has 1 N–H and O–H groups in total. The van der Waals surface area contributed by atoms with Gasteiger partial charge in [0.25, 0.3) is 5.91 Å². The van der Waals surface area contributed by atoms with Crippen molar-refractivity contribution in [2.45, 2.75) is 11.3 Å². The molecule has 9 heteroatoms. The molecule has 20 heavy (non-hydrogen) atoms. The highest BCUT2D eigenvalue weighted by Gasteiger charge is 2.27. The van der Waals surface area contributed by atoms with E-state index in [1.807, 2.05) is 0 Å². The predicted molar refractivity (Wildman–Crippen MR) is 74.4 cm³/mol. The zero-order chi connectivity index (χ0) is 15.5. The molecule has 0 aliphatic heterocycles. The van der Waals surface area contributed by atoms with Gasteiger partial charge in [-0.1, -0.05) is 0 Å². The quantitative estimate of drug-likeness (QED) is 0.825. The zero-order valence-corrected chi connectivity index (χ0v) is 13.0. The maximum absolute atomic E-state index is 12.2. The molecule has 0 aliphatic carbocycles. The summed E-state index contributed by atoms with van der Waals surface area (Å²) in [6, 6.07) is 1.37. The molecule has 1 aromatic rings. The van der Waals surface area contributed by atoms with Crippen molar-refractivity contribution >= 4 is 33.2 Å². The van der Waals surface area contributed by atoms with E-state index in [0.717, 1.165) is 15.6 Å². The van der Waals surface area contributed by atoms with Crippen molar-refractivity contribution < 1.29 is 23.1 Å². The van der Waals surface area contributed by atoms with E-state index in [2.05, 4.69) is 0 Å². The van der Waals surface area contributed by atoms with Crippen molar-refractivity contribution in [2.24, 2.45) is 0 Å². The second-order valence-electron chi connectivity index (χ2n) is 4.27. The minimum absolute atomic E-state index is 0.0213. The third kappa shape index (κ3) is 3.56. The van der Waals surface area contributed by atoms with Crippen LogP contribution in [0.3, 0.4) is 0 Å². The highest BCUT2D eigenvalue weighted by atomic mass is 32.2. The number of carboxylic acid groups (broad SMARTS) is 1. The Morgan fingerprint density at radius 1 is 1.30 bits per heavy atom. The van der Waals surface area contributed by atoms with Crippen molar-refractivity contribution in [3.05, 3.63) is 16.3 Å². The van der Waals surface area contributed by atoms with Gasteiger partial charge in [-0.05, 0) is 11.4 Å². The Morgan fingerprint density at radius 3 is 2.40 bits per heavy atom. The number of carbonyl (C=O) groups excluding carboxylic acids is 1. The Balaban J connectivity index is 3.02. The molecule has 0 unspecified atom stereocenters. The second-order valence-corrected chi connectivity index (χ2v) is 7.31. The molecule has 112 valence electrons. The minimum atomic E-state index is -3.69. The van der Waals surface area contributed by atoms with Gasteiger partial charge in [-0.3, -0.25) is 9.59 Å². The van der Waals surface area contributed by atoms with Gasteiger partial charge in [-0.15, -0.1) is 11.3 Å². The van der Waals surface area contributed by atoms with Crippen LogP contribution in [-0.4, -0.2) is 62.3 Å². The van der Waals surface area contributed by atoms with Crippen LogP contribution in [0.5, 0.6) is 0 Å². The second kappa shape index (κ2) is 6.33. The number of thiophene rings is 1. The van der Waals surface area contributed by atoms with Crippen molar-refractivity contribution in [2.75, 3.05) is 27.7 Å². The molecule has 1 heterocycles. The van der Waals surface area contributed by atoms with Crippen LogP contribution in [0.4, 0.5) is 0 Å². The van der Waals surface area contributed by atoms with Gasteiger partial charge >= 0.3 is 5.97 Å². The standard InChI is InChI=1S/C11H16N2O5S2/c1-12(2)20(17,18)8-5-7-19-10(8)11(16)13(3)6-4-9(14)15/h5,7H,4,6H2,1-3H3,(H,14,15). The number of rotatable bonds is 6. The van der Waals surface area contributed by atoms with Crippen LogP contribution in [0.15, 0.2) is 16.3 Å². The van der Waals surface area contributed by atoms with Gasteiger partial charge in [-0.25, -0.2) is 12.7 Å². The van der Waals surface area contributed by atoms with E-state index in [1.54, 1.807) is 0 Å². The van der Waals surface area contributed by atoms with E-state index in [1.165, 1.54) is 37.5 Å². The molecular formula is C11H16N2O5S2. The van der Waals surface area contributed by atoms with Gasteiger partial charge in [-0.2, -0.15) is 0 Å². The van der Waals surface area contributed by atoms with E-state index >= 15 is 0 Å². The Bertz CT molecular complexity index is 606. The molecule has 0 radical (unpaired) electrons. The van der Waals surface area contributed by atoms with Gasteiger partial charge < -0.3 is 10.0 Å². The molecule has 0 saturated heterocycles. The summed E-state index contributed by atoms with van der Waals surface area (Å²) in [5.41, 5.74) is 0. The fraction of sp³-hybridized carbons (Fsp3) is 0.455. The molecule has 0 aromatic carbocycles. The van der Waals surface area contributed by atoms with Crippen LogP contribution in [0.2, 0.25) is 0 Å². The molecular weight excluding hydrogens is 304 g/mol. The molecule has 0 saturated carbocycles. The van der Waals surface area contributed by atoms with Gasteiger partial charge in [0, 0.05) is 27.7 Å². The number of hydrogen-bond donors (Lipinski definition) is 1. The molecule has 1 aromatic heterocycles. The van der Waals surface area contributed by atoms with Crippen molar-refractivity contribution in [1.82, 2.24) is 9.21 Å². The first-order valence-corrected chi connectivity index (χ1v) is 7.97. The first-order valence-electron chi connectivity index (χ1n) is 5.65. The lowest BCUT2D eigenvalue weighted by Crippen LogP contribution is -2.30. The predicted octanol–water partition coefficient (Wildman–Crippen LogP) is 0.545. The van der Waals surface area contributed by atoms with E-state index in [0.29, 0.717) is 0 Å². The normalized spacial score (nSPS) is 11.6. The fourth-order valence-electron chi connectivity index (χ4n) is 1.39. The van der Waals surface area contributed by atoms with E-state index < -0.39 is 21.9 Å². The van der Waals surface area contributed by atoms with Crippen LogP contribution in [0, 0.1) is 0 Å². The first-order chi connectivity index (χ1) is 9.17. The highest BCUT2D eigenvalue weighted by Crippen LogP contribution is 2.25. The summed E-state index contributed by atoms with van der Waals surface area (Å²) < 4.78 is 25.2. The van der Waals surface area contributed by atoms with Crippen molar-refractivity contribution in [1.29, 1.82) is 0 Å². The number of carbonyl (C=O) groups is 2. The van der Waals surface area contributed by atoms with Crippen LogP contribution < -0.4 is 0 Å². The average Bonchev–Trinajstić information content (AvgIpc) is 2.84. The van der Waals surface area contributed by atoms with Crippen LogP contribution in [0.1, 0.15) is 16.1 Å². The highest BCUT2D eigenvalue weighted by molar-refractivity contribution is 7.89. The minimum Gasteiger partial charge on any atom is -0.481 e. The van der Waals surface area contributed by atoms with E-state index in [9.17, 15) is 18.0 Å². The molecule has 0 fully saturated rings. The lowest BCUT2D eigenvalue weighted by Gasteiger charge is -2.17. The maximum Gasteiger partial charge on any atom is 0.305 e. The lowest BCUT2D eigenvalue weighted by molar-refractivity contribution is -0.137. The number of carboxylic acids is 1. The van der Waals surface area contributed by atoms with Crippen LogP contribution in [0.25, 0.3) is 0 Å².